The fraction of sp³-hybridized carbons (Fsp3) is 0.579. The third kappa shape index (κ3) is 4.88. The van der Waals surface area contributed by atoms with E-state index in [9.17, 15) is 14.7 Å². The Labute approximate surface area is 154 Å². The molecule has 0 unspecified atom stereocenters. The average Bonchev–Trinajstić information content (AvgIpc) is 3.05. The maximum atomic E-state index is 12.1. The van der Waals surface area contributed by atoms with Gasteiger partial charge in [0.05, 0.1) is 12.2 Å². The molecule has 2 aliphatic rings. The van der Waals surface area contributed by atoms with Gasteiger partial charge >= 0.3 is 0 Å². The van der Waals surface area contributed by atoms with Crippen LogP contribution in [0.3, 0.4) is 0 Å². The number of anilines is 1. The molecule has 0 spiro atoms. The monoisotopic (exact) mass is 360 g/mol. The second kappa shape index (κ2) is 8.89. The number of nitrogens with one attached hydrogen (secondary N) is 1. The summed E-state index contributed by atoms with van der Waals surface area (Å²) in [6, 6.07) is 7.36. The summed E-state index contributed by atoms with van der Waals surface area (Å²) < 4.78 is 0. The first-order chi connectivity index (χ1) is 12.6. The topological polar surface area (TPSA) is 76.1 Å². The number of phenolic OH excluding ortho intramolecular Hbond substituents is 1. The van der Waals surface area contributed by atoms with E-state index in [1.54, 1.807) is 6.07 Å². The normalized spacial score (nSPS) is 18.4. The quantitative estimate of drug-likeness (QED) is 0.698. The van der Waals surface area contributed by atoms with Gasteiger partial charge in [0.2, 0.25) is 11.8 Å². The molecule has 7 heteroatoms. The summed E-state index contributed by atoms with van der Waals surface area (Å²) >= 11 is 0. The Hall–Kier alpha value is -2.28. The minimum absolute atomic E-state index is 0.0359. The van der Waals surface area contributed by atoms with Crippen molar-refractivity contribution in [3.63, 3.8) is 0 Å². The van der Waals surface area contributed by atoms with Crippen molar-refractivity contribution >= 4 is 17.5 Å². The molecule has 142 valence electrons. The van der Waals surface area contributed by atoms with Crippen LogP contribution in [-0.2, 0) is 9.59 Å². The Morgan fingerprint density at radius 3 is 2.58 bits per heavy atom. The van der Waals surface area contributed by atoms with E-state index in [2.05, 4.69) is 15.1 Å². The van der Waals surface area contributed by atoms with Crippen LogP contribution in [0.4, 0.5) is 5.69 Å². The summed E-state index contributed by atoms with van der Waals surface area (Å²) in [5, 5.41) is 12.9. The van der Waals surface area contributed by atoms with Crippen LogP contribution in [0.5, 0.6) is 5.75 Å². The molecule has 0 atom stereocenters. The van der Waals surface area contributed by atoms with E-state index in [0.717, 1.165) is 57.8 Å². The Kier molecular flexibility index (Phi) is 6.33. The van der Waals surface area contributed by atoms with Crippen molar-refractivity contribution in [3.8, 4) is 5.75 Å². The van der Waals surface area contributed by atoms with Gasteiger partial charge in [0.1, 0.15) is 5.75 Å². The summed E-state index contributed by atoms with van der Waals surface area (Å²) in [4.78, 5) is 29.8. The Morgan fingerprint density at radius 2 is 1.88 bits per heavy atom. The van der Waals surface area contributed by atoms with Gasteiger partial charge < -0.3 is 20.2 Å². The largest absolute Gasteiger partial charge is 0.506 e. The predicted octanol–water partition coefficient (Wildman–Crippen LogP) is 0.643. The first-order valence-corrected chi connectivity index (χ1v) is 9.43. The van der Waals surface area contributed by atoms with Gasteiger partial charge in [-0.2, -0.15) is 0 Å². The lowest BCUT2D eigenvalue weighted by molar-refractivity contribution is -0.127. The third-order valence-corrected chi connectivity index (χ3v) is 5.06. The van der Waals surface area contributed by atoms with E-state index in [1.807, 2.05) is 23.1 Å². The van der Waals surface area contributed by atoms with E-state index in [-0.39, 0.29) is 11.8 Å². The molecule has 1 aromatic carbocycles. The standard InChI is InChI=1S/C19H28N4O3/c24-17-6-2-1-5-16(17)22-13-11-21(12-14-22)15-18(25)20-8-4-10-23-9-3-7-19(23)26/h1-2,5-6,24H,3-4,7-15H2,(H,20,25). The fourth-order valence-corrected chi connectivity index (χ4v) is 3.58. The lowest BCUT2D eigenvalue weighted by Crippen LogP contribution is -2.49. The number of piperazine rings is 1. The molecule has 0 radical (unpaired) electrons. The summed E-state index contributed by atoms with van der Waals surface area (Å²) in [6.45, 7) is 5.78. The number of nitrogens with zero attached hydrogens (tertiary/aromatic N) is 3. The molecule has 2 aliphatic heterocycles. The second-order valence-electron chi connectivity index (χ2n) is 6.94. The van der Waals surface area contributed by atoms with E-state index in [1.165, 1.54) is 0 Å². The van der Waals surface area contributed by atoms with Crippen molar-refractivity contribution in [2.75, 3.05) is 57.3 Å². The molecular formula is C19H28N4O3. The number of amides is 2. The number of benzene rings is 1. The third-order valence-electron chi connectivity index (χ3n) is 5.06. The van der Waals surface area contributed by atoms with Gasteiger partial charge in [0.25, 0.3) is 0 Å². The van der Waals surface area contributed by atoms with E-state index >= 15 is 0 Å². The number of phenols is 1. The van der Waals surface area contributed by atoms with Crippen LogP contribution in [0.25, 0.3) is 0 Å². The molecule has 26 heavy (non-hydrogen) atoms. The highest BCUT2D eigenvalue weighted by Gasteiger charge is 2.21. The van der Waals surface area contributed by atoms with Gasteiger partial charge in [-0.3, -0.25) is 14.5 Å². The number of hydrogen-bond donors (Lipinski definition) is 2. The molecule has 2 N–H and O–H groups in total. The van der Waals surface area contributed by atoms with Crippen LogP contribution in [-0.4, -0.2) is 79.1 Å². The molecule has 0 saturated carbocycles. The summed E-state index contributed by atoms with van der Waals surface area (Å²) in [5.74, 6) is 0.572. The molecule has 0 bridgehead atoms. The molecule has 0 aliphatic carbocycles. The van der Waals surface area contributed by atoms with Gasteiger partial charge in [0, 0.05) is 52.2 Å². The van der Waals surface area contributed by atoms with Crippen LogP contribution < -0.4 is 10.2 Å². The number of rotatable bonds is 7. The van der Waals surface area contributed by atoms with Crippen LogP contribution in [0.15, 0.2) is 24.3 Å². The first kappa shape index (κ1) is 18.5. The van der Waals surface area contributed by atoms with Gasteiger partial charge in [-0.15, -0.1) is 0 Å². The predicted molar refractivity (Wildman–Crippen MR) is 100 cm³/mol. The van der Waals surface area contributed by atoms with Gasteiger partial charge in [0.15, 0.2) is 0 Å². The maximum absolute atomic E-state index is 12.1. The van der Waals surface area contributed by atoms with Gasteiger partial charge in [-0.05, 0) is 25.0 Å². The molecule has 2 saturated heterocycles. The van der Waals surface area contributed by atoms with Crippen LogP contribution >= 0.6 is 0 Å². The summed E-state index contributed by atoms with van der Waals surface area (Å²) in [6.07, 6.45) is 2.43. The fourth-order valence-electron chi connectivity index (χ4n) is 3.58. The Bertz CT molecular complexity index is 629. The van der Waals surface area contributed by atoms with Crippen molar-refractivity contribution in [2.45, 2.75) is 19.3 Å². The van der Waals surface area contributed by atoms with Crippen molar-refractivity contribution < 1.29 is 14.7 Å². The van der Waals surface area contributed by atoms with E-state index in [0.29, 0.717) is 25.3 Å². The number of carbonyl (C=O) groups excluding carboxylic acids is 2. The van der Waals surface area contributed by atoms with Gasteiger partial charge in [-0.25, -0.2) is 0 Å². The first-order valence-electron chi connectivity index (χ1n) is 9.43. The SMILES string of the molecule is O=C(CN1CCN(c2ccccc2O)CC1)NCCCN1CCCC1=O. The molecule has 2 heterocycles. The maximum Gasteiger partial charge on any atom is 0.234 e. The Balaban J connectivity index is 1.32. The van der Waals surface area contributed by atoms with Crippen molar-refractivity contribution in [3.05, 3.63) is 24.3 Å². The van der Waals surface area contributed by atoms with Crippen molar-refractivity contribution in [1.82, 2.24) is 15.1 Å². The van der Waals surface area contributed by atoms with Crippen molar-refractivity contribution in [2.24, 2.45) is 0 Å². The molecule has 0 aromatic heterocycles. The summed E-state index contributed by atoms with van der Waals surface area (Å²) in [7, 11) is 0. The number of carbonyl (C=O) groups is 2. The minimum atomic E-state index is 0.0359. The highest BCUT2D eigenvalue weighted by Crippen LogP contribution is 2.27. The molecule has 2 fully saturated rings. The van der Waals surface area contributed by atoms with E-state index in [4.69, 9.17) is 0 Å². The molecule has 1 aromatic rings. The molecule has 2 amide bonds. The molecule has 3 rings (SSSR count). The van der Waals surface area contributed by atoms with Crippen LogP contribution in [0.1, 0.15) is 19.3 Å². The highest BCUT2D eigenvalue weighted by molar-refractivity contribution is 5.78. The smallest absolute Gasteiger partial charge is 0.234 e. The number of aromatic hydroxyl groups is 1. The zero-order valence-electron chi connectivity index (χ0n) is 15.2. The number of hydrogen-bond acceptors (Lipinski definition) is 5. The lowest BCUT2D eigenvalue weighted by atomic mass is 10.2. The minimum Gasteiger partial charge on any atom is -0.506 e. The molecule has 7 nitrogen and oxygen atoms in total. The van der Waals surface area contributed by atoms with E-state index < -0.39 is 0 Å². The van der Waals surface area contributed by atoms with Crippen molar-refractivity contribution in [1.29, 1.82) is 0 Å². The average molecular weight is 360 g/mol. The molecular weight excluding hydrogens is 332 g/mol. The number of para-hydroxylation sites is 2. The number of likely N-dealkylation sites (tertiary alicyclic amines) is 1. The zero-order valence-corrected chi connectivity index (χ0v) is 15.2. The van der Waals surface area contributed by atoms with Crippen LogP contribution in [0, 0.1) is 0 Å². The lowest BCUT2D eigenvalue weighted by Gasteiger charge is -2.35. The van der Waals surface area contributed by atoms with Crippen LogP contribution in [0.2, 0.25) is 0 Å². The second-order valence-corrected chi connectivity index (χ2v) is 6.94. The summed E-state index contributed by atoms with van der Waals surface area (Å²) in [5.41, 5.74) is 0.855. The Morgan fingerprint density at radius 1 is 1.12 bits per heavy atom. The zero-order chi connectivity index (χ0) is 18.4. The highest BCUT2D eigenvalue weighted by atomic mass is 16.3. The van der Waals surface area contributed by atoms with Gasteiger partial charge in [-0.1, -0.05) is 12.1 Å².